The molecule has 1 aliphatic heterocycles. The van der Waals surface area contributed by atoms with Gasteiger partial charge in [-0.2, -0.15) is 10.1 Å². The van der Waals surface area contributed by atoms with Crippen LogP contribution in [0.1, 0.15) is 17.5 Å². The average Bonchev–Trinajstić information content (AvgIpc) is 3.26. The largest absolute Gasteiger partial charge is 0.394 e. The van der Waals surface area contributed by atoms with Gasteiger partial charge in [-0.1, -0.05) is 6.07 Å². The summed E-state index contributed by atoms with van der Waals surface area (Å²) in [6.45, 7) is 2.10. The predicted octanol–water partition coefficient (Wildman–Crippen LogP) is 2.90. The Labute approximate surface area is 206 Å². The first-order valence-electron chi connectivity index (χ1n) is 11.1. The number of aliphatic imine (C=N–C) groups is 1. The van der Waals surface area contributed by atoms with Gasteiger partial charge >= 0.3 is 0 Å². The molecule has 0 fully saturated rings. The van der Waals surface area contributed by atoms with Crippen LogP contribution in [0.3, 0.4) is 0 Å². The van der Waals surface area contributed by atoms with E-state index >= 15 is 0 Å². The van der Waals surface area contributed by atoms with Crippen LogP contribution in [0.15, 0.2) is 52.9 Å². The van der Waals surface area contributed by atoms with Gasteiger partial charge in [0.15, 0.2) is 23.3 Å². The molecule has 3 aromatic rings. The van der Waals surface area contributed by atoms with E-state index in [9.17, 15) is 13.6 Å². The van der Waals surface area contributed by atoms with Gasteiger partial charge in [-0.05, 0) is 31.0 Å². The van der Waals surface area contributed by atoms with Crippen molar-refractivity contribution >= 4 is 29.7 Å². The Kier molecular flexibility index (Phi) is 7.34. The average molecular weight is 497 g/mol. The number of carbonyl (C=O) groups excluding carboxylic acids is 1. The normalized spacial score (nSPS) is 16.3. The lowest BCUT2D eigenvalue weighted by Crippen LogP contribution is -2.48. The number of rotatable bonds is 8. The summed E-state index contributed by atoms with van der Waals surface area (Å²) < 4.78 is 34.0. The third-order valence-electron chi connectivity index (χ3n) is 5.67. The summed E-state index contributed by atoms with van der Waals surface area (Å²) in [5.41, 5.74) is 7.90. The number of aryl methyl sites for hydroxylation is 2. The SMILES string of the molecule is COC[C@H]1CC(C=Nc2nc(Nc3ccn(C)n3)ncc2C)=C(N)C(=O)N1Cc1ccc(F)c(F)c1. The number of nitrogens with zero attached hydrogens (tertiary/aromatic N) is 6. The Bertz CT molecular complexity index is 1340. The molecule has 0 radical (unpaired) electrons. The van der Waals surface area contributed by atoms with Crippen LogP contribution in [0.25, 0.3) is 0 Å². The van der Waals surface area contributed by atoms with E-state index < -0.39 is 17.5 Å². The van der Waals surface area contributed by atoms with Crippen LogP contribution in [0, 0.1) is 18.6 Å². The third kappa shape index (κ3) is 5.54. The first kappa shape index (κ1) is 24.9. The van der Waals surface area contributed by atoms with Crippen LogP contribution in [0.5, 0.6) is 0 Å². The van der Waals surface area contributed by atoms with E-state index in [1.807, 2.05) is 6.92 Å². The molecular weight excluding hydrogens is 470 g/mol. The van der Waals surface area contributed by atoms with Crippen molar-refractivity contribution in [1.29, 1.82) is 0 Å². The van der Waals surface area contributed by atoms with Crippen molar-refractivity contribution in [1.82, 2.24) is 24.6 Å². The molecule has 0 bridgehead atoms. The van der Waals surface area contributed by atoms with Gasteiger partial charge < -0.3 is 20.7 Å². The maximum Gasteiger partial charge on any atom is 0.270 e. The van der Waals surface area contributed by atoms with Gasteiger partial charge in [0.05, 0.1) is 12.6 Å². The molecule has 1 aromatic carbocycles. The Hall–Kier alpha value is -4.19. The minimum absolute atomic E-state index is 0.0206. The fourth-order valence-corrected chi connectivity index (χ4v) is 3.79. The lowest BCUT2D eigenvalue weighted by atomic mass is 9.97. The third-order valence-corrected chi connectivity index (χ3v) is 5.67. The Morgan fingerprint density at radius 1 is 1.31 bits per heavy atom. The second-order valence-electron chi connectivity index (χ2n) is 8.39. The number of ether oxygens (including phenoxy) is 1. The summed E-state index contributed by atoms with van der Waals surface area (Å²) in [6, 6.07) is 4.94. The maximum atomic E-state index is 13.7. The van der Waals surface area contributed by atoms with E-state index in [1.54, 1.807) is 30.2 Å². The number of benzene rings is 1. The van der Waals surface area contributed by atoms with E-state index in [4.69, 9.17) is 10.5 Å². The van der Waals surface area contributed by atoms with Gasteiger partial charge in [0, 0.05) is 56.5 Å². The predicted molar refractivity (Wildman–Crippen MR) is 130 cm³/mol. The molecule has 0 saturated heterocycles. The molecular formula is C24H26F2N8O2. The van der Waals surface area contributed by atoms with Crippen molar-refractivity contribution in [3.63, 3.8) is 0 Å². The van der Waals surface area contributed by atoms with Crippen molar-refractivity contribution in [2.24, 2.45) is 17.8 Å². The molecule has 0 spiro atoms. The van der Waals surface area contributed by atoms with Crippen LogP contribution in [-0.4, -0.2) is 56.5 Å². The summed E-state index contributed by atoms with van der Waals surface area (Å²) >= 11 is 0. The Morgan fingerprint density at radius 3 is 2.81 bits per heavy atom. The number of anilines is 2. The van der Waals surface area contributed by atoms with Gasteiger partial charge in [0.1, 0.15) is 5.70 Å². The molecule has 0 unspecified atom stereocenters. The van der Waals surface area contributed by atoms with E-state index in [1.165, 1.54) is 24.3 Å². The van der Waals surface area contributed by atoms with Crippen LogP contribution in [-0.2, 0) is 23.1 Å². The molecule has 0 aliphatic carbocycles. The number of hydrogen-bond donors (Lipinski definition) is 2. The number of halogens is 2. The number of hydrogen-bond acceptors (Lipinski definition) is 8. The standard InChI is InChI=1S/C24H26F2N8O2/c1-14-10-29-24(30-20-6-7-33(2)32-20)31-22(14)28-11-16-9-17(13-36-3)34(23(35)21(16)27)12-15-4-5-18(25)19(26)8-15/h4-8,10-11,17H,9,12-13,27H2,1-3H3,(H,29,30,31,32)/t17-/m1/s1. The van der Waals surface area contributed by atoms with E-state index in [0.717, 1.165) is 17.7 Å². The van der Waals surface area contributed by atoms with E-state index in [-0.39, 0.29) is 24.9 Å². The van der Waals surface area contributed by atoms with Crippen molar-refractivity contribution in [2.45, 2.75) is 25.9 Å². The highest BCUT2D eigenvalue weighted by Crippen LogP contribution is 2.25. The van der Waals surface area contributed by atoms with E-state index in [0.29, 0.717) is 35.1 Å². The van der Waals surface area contributed by atoms with Gasteiger partial charge in [0.25, 0.3) is 5.91 Å². The first-order valence-corrected chi connectivity index (χ1v) is 11.1. The number of aromatic nitrogens is 4. The number of amides is 1. The highest BCUT2D eigenvalue weighted by molar-refractivity contribution is 6.01. The smallest absolute Gasteiger partial charge is 0.270 e. The van der Waals surface area contributed by atoms with Crippen molar-refractivity contribution in [2.75, 3.05) is 19.0 Å². The van der Waals surface area contributed by atoms with Crippen LogP contribution in [0.4, 0.5) is 26.4 Å². The number of methoxy groups -OCH3 is 1. The van der Waals surface area contributed by atoms with Crippen molar-refractivity contribution in [3.8, 4) is 0 Å². The molecule has 1 amide bonds. The molecule has 12 heteroatoms. The zero-order chi connectivity index (χ0) is 25.8. The maximum absolute atomic E-state index is 13.7. The fraction of sp³-hybridized carbons (Fsp3) is 0.292. The van der Waals surface area contributed by atoms with Crippen LogP contribution < -0.4 is 11.1 Å². The molecule has 36 heavy (non-hydrogen) atoms. The summed E-state index contributed by atoms with van der Waals surface area (Å²) in [6.07, 6.45) is 5.30. The highest BCUT2D eigenvalue weighted by Gasteiger charge is 2.32. The fourth-order valence-electron chi connectivity index (χ4n) is 3.79. The minimum atomic E-state index is -0.978. The van der Waals surface area contributed by atoms with Gasteiger partial charge in [-0.3, -0.25) is 9.48 Å². The molecule has 2 aromatic heterocycles. The molecule has 10 nitrogen and oxygen atoms in total. The molecule has 188 valence electrons. The summed E-state index contributed by atoms with van der Waals surface area (Å²) in [5.74, 6) is -1.05. The second-order valence-corrected chi connectivity index (χ2v) is 8.39. The highest BCUT2D eigenvalue weighted by atomic mass is 19.2. The van der Waals surface area contributed by atoms with Gasteiger partial charge in [0.2, 0.25) is 5.95 Å². The molecule has 0 saturated carbocycles. The summed E-state index contributed by atoms with van der Waals surface area (Å²) in [4.78, 5) is 27.8. The van der Waals surface area contributed by atoms with Crippen LogP contribution in [0.2, 0.25) is 0 Å². The van der Waals surface area contributed by atoms with E-state index in [2.05, 4.69) is 25.4 Å². The van der Waals surface area contributed by atoms with Crippen molar-refractivity contribution < 1.29 is 18.3 Å². The summed E-state index contributed by atoms with van der Waals surface area (Å²) in [7, 11) is 3.33. The number of nitrogens with two attached hydrogens (primary N) is 1. The lowest BCUT2D eigenvalue weighted by Gasteiger charge is -2.36. The number of carbonyl (C=O) groups is 1. The number of nitrogens with one attached hydrogen (secondary N) is 1. The molecule has 1 aliphatic rings. The Morgan fingerprint density at radius 2 is 2.11 bits per heavy atom. The molecule has 3 N–H and O–H groups in total. The zero-order valence-electron chi connectivity index (χ0n) is 20.1. The zero-order valence-corrected chi connectivity index (χ0v) is 20.1. The lowest BCUT2D eigenvalue weighted by molar-refractivity contribution is -0.132. The monoisotopic (exact) mass is 496 g/mol. The second kappa shape index (κ2) is 10.6. The molecule has 1 atom stereocenters. The van der Waals surface area contributed by atoms with Crippen LogP contribution >= 0.6 is 0 Å². The Balaban J connectivity index is 1.56. The minimum Gasteiger partial charge on any atom is -0.394 e. The quantitative estimate of drug-likeness (QED) is 0.460. The molecule has 3 heterocycles. The first-order chi connectivity index (χ1) is 17.2. The summed E-state index contributed by atoms with van der Waals surface area (Å²) in [5, 5.41) is 7.25. The van der Waals surface area contributed by atoms with Gasteiger partial charge in [-0.25, -0.2) is 18.8 Å². The van der Waals surface area contributed by atoms with Gasteiger partial charge in [-0.15, -0.1) is 0 Å². The molecule has 4 rings (SSSR count). The topological polar surface area (TPSA) is 124 Å². The van der Waals surface area contributed by atoms with Crippen molar-refractivity contribution in [3.05, 3.63) is 70.7 Å².